The fourth-order valence-electron chi connectivity index (χ4n) is 4.46. The summed E-state index contributed by atoms with van der Waals surface area (Å²) in [4.78, 5) is 0. The fraction of sp³-hybridized carbons (Fsp3) is 0.294. The molecule has 0 amide bonds. The van der Waals surface area contributed by atoms with Crippen LogP contribution in [0.15, 0.2) is 105 Å². The fourth-order valence-corrected chi connectivity index (χ4v) is 4.46. The summed E-state index contributed by atoms with van der Waals surface area (Å²) in [5.74, 6) is 0. The summed E-state index contributed by atoms with van der Waals surface area (Å²) >= 11 is 0. The van der Waals surface area contributed by atoms with Gasteiger partial charge in [0, 0.05) is 22.2 Å². The summed E-state index contributed by atoms with van der Waals surface area (Å²) in [7, 11) is 5.92. The maximum Gasteiger partial charge on any atom is 0.134 e. The number of hydrogen-bond acceptors (Lipinski definition) is 6. The molecule has 3 aromatic heterocycles. The van der Waals surface area contributed by atoms with Crippen LogP contribution in [0.2, 0.25) is 0 Å². The summed E-state index contributed by atoms with van der Waals surface area (Å²) in [6.07, 6.45) is 8.36. The van der Waals surface area contributed by atoms with Gasteiger partial charge in [-0.25, -0.2) is 0 Å². The minimum Gasteiger partial charge on any atom is -0.464 e. The molecule has 0 spiro atoms. The van der Waals surface area contributed by atoms with Gasteiger partial charge in [-0.05, 0) is 126 Å². The molecule has 0 aliphatic rings. The van der Waals surface area contributed by atoms with Crippen LogP contribution in [0.4, 0.5) is 0 Å². The minimum atomic E-state index is 0.513. The van der Waals surface area contributed by atoms with Crippen molar-refractivity contribution >= 4 is 32.9 Å². The molecule has 6 aromatic rings. The topological polar surface area (TPSA) is 75.5 Å². The van der Waals surface area contributed by atoms with Crippen LogP contribution in [0.5, 0.6) is 0 Å². The zero-order valence-corrected chi connectivity index (χ0v) is 24.0. The summed E-state index contributed by atoms with van der Waals surface area (Å²) in [6.45, 7) is 4.20. The van der Waals surface area contributed by atoms with Crippen molar-refractivity contribution in [3.05, 3.63) is 108 Å². The average Bonchev–Trinajstić information content (AvgIpc) is 3.75. The van der Waals surface area contributed by atoms with Crippen LogP contribution in [0.1, 0.15) is 23.6 Å². The zero-order valence-electron chi connectivity index (χ0n) is 24.0. The molecular formula is C34H41N3O3. The van der Waals surface area contributed by atoms with E-state index in [2.05, 4.69) is 65.3 Å². The first-order valence-corrected chi connectivity index (χ1v) is 13.9. The van der Waals surface area contributed by atoms with Crippen LogP contribution in [0, 0.1) is 0 Å². The molecule has 210 valence electrons. The Labute approximate surface area is 236 Å². The zero-order chi connectivity index (χ0) is 28.2. The number of benzene rings is 3. The second kappa shape index (κ2) is 15.1. The van der Waals surface area contributed by atoms with Crippen molar-refractivity contribution in [3.63, 3.8) is 0 Å². The Hall–Kier alpha value is -3.84. The highest BCUT2D eigenvalue weighted by Gasteiger charge is 2.03. The molecule has 0 fully saturated rings. The number of nitrogens with one attached hydrogen (secondary N) is 3. The van der Waals surface area contributed by atoms with E-state index in [1.165, 1.54) is 32.8 Å². The van der Waals surface area contributed by atoms with Crippen LogP contribution in [-0.4, -0.2) is 40.3 Å². The van der Waals surface area contributed by atoms with Crippen molar-refractivity contribution in [2.45, 2.75) is 32.2 Å². The number of likely N-dealkylation sites (N-methyl/N-ethyl adjacent to an activating group) is 3. The first kappa shape index (κ1) is 29.2. The lowest BCUT2D eigenvalue weighted by atomic mass is 10.1. The molecule has 0 bridgehead atoms. The van der Waals surface area contributed by atoms with Gasteiger partial charge >= 0.3 is 0 Å². The maximum atomic E-state index is 5.32. The second-order valence-corrected chi connectivity index (χ2v) is 9.98. The third-order valence-corrected chi connectivity index (χ3v) is 6.92. The second-order valence-electron chi connectivity index (χ2n) is 9.98. The Morgan fingerprint density at radius 2 is 1.05 bits per heavy atom. The van der Waals surface area contributed by atoms with Gasteiger partial charge in [-0.15, -0.1) is 0 Å². The quantitative estimate of drug-likeness (QED) is 0.184. The van der Waals surface area contributed by atoms with Gasteiger partial charge in [-0.3, -0.25) is 0 Å². The van der Waals surface area contributed by atoms with Crippen molar-refractivity contribution in [3.8, 4) is 0 Å². The smallest absolute Gasteiger partial charge is 0.134 e. The Bertz CT molecular complexity index is 1500. The molecule has 0 aliphatic carbocycles. The van der Waals surface area contributed by atoms with Crippen LogP contribution >= 0.6 is 0 Å². The lowest BCUT2D eigenvalue weighted by molar-refractivity contribution is 0.606. The predicted molar refractivity (Wildman–Crippen MR) is 166 cm³/mol. The SMILES string of the molecule is CNC(C)Cc1ccc2occc2c1.CNCCc1ccc2ccoc2c1.CNCCc1ccc2occc2c1. The third-order valence-electron chi connectivity index (χ3n) is 6.92. The molecule has 1 unspecified atom stereocenters. The number of furan rings is 3. The Morgan fingerprint density at radius 3 is 1.65 bits per heavy atom. The third kappa shape index (κ3) is 8.33. The van der Waals surface area contributed by atoms with Gasteiger partial charge in [0.15, 0.2) is 0 Å². The molecule has 40 heavy (non-hydrogen) atoms. The largest absolute Gasteiger partial charge is 0.464 e. The van der Waals surface area contributed by atoms with Crippen LogP contribution < -0.4 is 16.0 Å². The van der Waals surface area contributed by atoms with Gasteiger partial charge in [0.05, 0.1) is 18.8 Å². The van der Waals surface area contributed by atoms with Gasteiger partial charge in [0.2, 0.25) is 0 Å². The Kier molecular flexibility index (Phi) is 11.0. The van der Waals surface area contributed by atoms with E-state index in [9.17, 15) is 0 Å². The minimum absolute atomic E-state index is 0.513. The highest BCUT2D eigenvalue weighted by molar-refractivity contribution is 5.79. The first-order chi connectivity index (χ1) is 19.6. The van der Waals surface area contributed by atoms with Gasteiger partial charge in [-0.1, -0.05) is 24.3 Å². The van der Waals surface area contributed by atoms with E-state index in [-0.39, 0.29) is 0 Å². The Morgan fingerprint density at radius 1 is 0.550 bits per heavy atom. The maximum absolute atomic E-state index is 5.32. The van der Waals surface area contributed by atoms with E-state index >= 15 is 0 Å². The predicted octanol–water partition coefficient (Wildman–Crippen LogP) is 6.97. The van der Waals surface area contributed by atoms with E-state index in [4.69, 9.17) is 13.3 Å². The van der Waals surface area contributed by atoms with Gasteiger partial charge in [0.25, 0.3) is 0 Å². The first-order valence-electron chi connectivity index (χ1n) is 13.9. The molecule has 6 heteroatoms. The lowest BCUT2D eigenvalue weighted by Crippen LogP contribution is -2.23. The molecule has 0 radical (unpaired) electrons. The van der Waals surface area contributed by atoms with Gasteiger partial charge in [0.1, 0.15) is 16.7 Å². The van der Waals surface area contributed by atoms with Gasteiger partial charge in [-0.2, -0.15) is 0 Å². The highest BCUT2D eigenvalue weighted by atomic mass is 16.3. The molecule has 3 heterocycles. The number of rotatable bonds is 9. The van der Waals surface area contributed by atoms with Crippen LogP contribution in [-0.2, 0) is 19.3 Å². The molecule has 6 rings (SSSR count). The average molecular weight is 540 g/mol. The van der Waals surface area contributed by atoms with Crippen LogP contribution in [0.25, 0.3) is 32.9 Å². The molecule has 6 nitrogen and oxygen atoms in total. The van der Waals surface area contributed by atoms with E-state index in [1.807, 2.05) is 51.5 Å². The highest BCUT2D eigenvalue weighted by Crippen LogP contribution is 2.19. The summed E-state index contributed by atoms with van der Waals surface area (Å²) in [5.41, 5.74) is 6.92. The van der Waals surface area contributed by atoms with Crippen molar-refractivity contribution in [2.75, 3.05) is 34.2 Å². The van der Waals surface area contributed by atoms with Crippen LogP contribution in [0.3, 0.4) is 0 Å². The molecule has 0 aliphatic heterocycles. The molecule has 3 N–H and O–H groups in total. The molecule has 0 saturated heterocycles. The normalized spacial score (nSPS) is 11.7. The van der Waals surface area contributed by atoms with Crippen molar-refractivity contribution in [1.29, 1.82) is 0 Å². The van der Waals surface area contributed by atoms with Crippen molar-refractivity contribution in [2.24, 2.45) is 0 Å². The summed E-state index contributed by atoms with van der Waals surface area (Å²) < 4.78 is 15.9. The molecular weight excluding hydrogens is 498 g/mol. The lowest BCUT2D eigenvalue weighted by Gasteiger charge is -2.09. The van der Waals surface area contributed by atoms with Gasteiger partial charge < -0.3 is 29.2 Å². The Balaban J connectivity index is 0.000000139. The molecule has 1 atom stereocenters. The summed E-state index contributed by atoms with van der Waals surface area (Å²) in [5, 5.41) is 13.0. The van der Waals surface area contributed by atoms with E-state index in [1.54, 1.807) is 18.8 Å². The van der Waals surface area contributed by atoms with E-state index in [0.717, 1.165) is 49.1 Å². The monoisotopic (exact) mass is 539 g/mol. The molecule has 3 aromatic carbocycles. The standard InChI is InChI=1S/C12H15NO.2C11H13NO/c1-9(13-2)7-10-3-4-12-11(8-10)5-6-14-12;1-12-6-4-9-2-3-11-10(8-9)5-7-13-11;1-12-6-4-9-2-3-10-5-7-13-11(10)8-9/h3-6,8-9,13H,7H2,1-2H3;2*2-3,5,7-8,12H,4,6H2,1H3. The van der Waals surface area contributed by atoms with E-state index in [0.29, 0.717) is 6.04 Å². The van der Waals surface area contributed by atoms with Crippen molar-refractivity contribution in [1.82, 2.24) is 16.0 Å². The van der Waals surface area contributed by atoms with Crippen molar-refractivity contribution < 1.29 is 13.3 Å². The number of fused-ring (bicyclic) bond motifs is 3. The number of hydrogen-bond donors (Lipinski definition) is 3. The van der Waals surface area contributed by atoms with E-state index < -0.39 is 0 Å². The molecule has 0 saturated carbocycles. The summed E-state index contributed by atoms with van der Waals surface area (Å²) in [6, 6.07) is 25.5.